The van der Waals surface area contributed by atoms with E-state index in [1.165, 1.54) is 16.9 Å². The van der Waals surface area contributed by atoms with Crippen LogP contribution in [0.25, 0.3) is 0 Å². The molecule has 1 fully saturated rings. The van der Waals surface area contributed by atoms with Crippen LogP contribution in [0.5, 0.6) is 0 Å². The average molecular weight is 308 g/mol. The molecule has 3 rings (SSSR count). The summed E-state index contributed by atoms with van der Waals surface area (Å²) < 4.78 is 5.32. The lowest BCUT2D eigenvalue weighted by molar-refractivity contribution is 0.0383. The van der Waals surface area contributed by atoms with E-state index in [1.807, 2.05) is 0 Å². The maximum Gasteiger partial charge on any atom is 0.261 e. The number of nitrogens with one attached hydrogen (secondary N) is 1. The van der Waals surface area contributed by atoms with Crippen molar-refractivity contribution in [1.29, 1.82) is 0 Å². The molecule has 1 N–H and O–H groups in total. The second-order valence-electron chi connectivity index (χ2n) is 6.12. The van der Waals surface area contributed by atoms with E-state index in [4.69, 9.17) is 4.74 Å². The molecule has 0 radical (unpaired) electrons. The third kappa shape index (κ3) is 3.84. The Morgan fingerprint density at radius 3 is 3.10 bits per heavy atom. The first-order chi connectivity index (χ1) is 10.2. The van der Waals surface area contributed by atoms with Crippen LogP contribution in [-0.2, 0) is 17.6 Å². The van der Waals surface area contributed by atoms with E-state index < -0.39 is 0 Å². The smallest absolute Gasteiger partial charge is 0.261 e. The normalized spacial score (nSPS) is 22.8. The summed E-state index contributed by atoms with van der Waals surface area (Å²) in [5.41, 5.74) is 1.40. The highest BCUT2D eigenvalue weighted by Gasteiger charge is 2.20. The largest absolute Gasteiger partial charge is 0.379 e. The Kier molecular flexibility index (Phi) is 4.93. The molecule has 2 heterocycles. The summed E-state index contributed by atoms with van der Waals surface area (Å²) in [6.45, 7) is 7.49. The molecule has 1 aliphatic heterocycles. The van der Waals surface area contributed by atoms with Crippen molar-refractivity contribution in [3.8, 4) is 0 Å². The molecule has 0 saturated carbocycles. The van der Waals surface area contributed by atoms with Gasteiger partial charge >= 0.3 is 0 Å². The summed E-state index contributed by atoms with van der Waals surface area (Å²) in [7, 11) is 0. The molecule has 1 aromatic rings. The van der Waals surface area contributed by atoms with Gasteiger partial charge in [-0.2, -0.15) is 0 Å². The van der Waals surface area contributed by atoms with Crippen molar-refractivity contribution in [2.24, 2.45) is 5.92 Å². The second-order valence-corrected chi connectivity index (χ2v) is 7.25. The molecule has 5 heteroatoms. The lowest BCUT2D eigenvalue weighted by atomic mass is 9.90. The SMILES string of the molecule is CC1CCc2sc(C(=O)NCCN3CCOCC3)cc2C1. The number of hydrogen-bond donors (Lipinski definition) is 1. The molecule has 116 valence electrons. The molecule has 1 aromatic heterocycles. The highest BCUT2D eigenvalue weighted by atomic mass is 32.1. The average Bonchev–Trinajstić information content (AvgIpc) is 2.91. The van der Waals surface area contributed by atoms with Gasteiger partial charge in [0.1, 0.15) is 0 Å². The summed E-state index contributed by atoms with van der Waals surface area (Å²) >= 11 is 1.69. The zero-order valence-electron chi connectivity index (χ0n) is 12.7. The second kappa shape index (κ2) is 6.90. The fourth-order valence-electron chi connectivity index (χ4n) is 3.06. The molecule has 1 saturated heterocycles. The Balaban J connectivity index is 1.49. The van der Waals surface area contributed by atoms with Gasteiger partial charge < -0.3 is 10.1 Å². The highest BCUT2D eigenvalue weighted by molar-refractivity contribution is 7.14. The van der Waals surface area contributed by atoms with Gasteiger partial charge in [-0.25, -0.2) is 0 Å². The van der Waals surface area contributed by atoms with Gasteiger partial charge in [0.15, 0.2) is 0 Å². The van der Waals surface area contributed by atoms with E-state index in [0.29, 0.717) is 0 Å². The van der Waals surface area contributed by atoms with E-state index in [2.05, 4.69) is 23.2 Å². The molecule has 1 aliphatic carbocycles. The topological polar surface area (TPSA) is 41.6 Å². The summed E-state index contributed by atoms with van der Waals surface area (Å²) in [6, 6.07) is 2.11. The Hall–Kier alpha value is -0.910. The number of hydrogen-bond acceptors (Lipinski definition) is 4. The van der Waals surface area contributed by atoms with Gasteiger partial charge in [0.05, 0.1) is 18.1 Å². The van der Waals surface area contributed by atoms with Crippen molar-refractivity contribution in [2.75, 3.05) is 39.4 Å². The van der Waals surface area contributed by atoms with Crippen molar-refractivity contribution in [1.82, 2.24) is 10.2 Å². The quantitative estimate of drug-likeness (QED) is 0.924. The molecular formula is C16H24N2O2S. The van der Waals surface area contributed by atoms with Crippen LogP contribution in [0.2, 0.25) is 0 Å². The number of carbonyl (C=O) groups excluding carboxylic acids is 1. The van der Waals surface area contributed by atoms with Gasteiger partial charge in [-0.3, -0.25) is 9.69 Å². The first-order valence-electron chi connectivity index (χ1n) is 7.92. The molecule has 0 aromatic carbocycles. The van der Waals surface area contributed by atoms with Crippen LogP contribution in [-0.4, -0.2) is 50.2 Å². The Labute approximate surface area is 130 Å². The summed E-state index contributed by atoms with van der Waals surface area (Å²) in [5.74, 6) is 0.847. The molecule has 4 nitrogen and oxygen atoms in total. The van der Waals surface area contributed by atoms with Crippen molar-refractivity contribution in [3.05, 3.63) is 21.4 Å². The highest BCUT2D eigenvalue weighted by Crippen LogP contribution is 2.32. The number of nitrogens with zero attached hydrogens (tertiary/aromatic N) is 1. The number of ether oxygens (including phenoxy) is 1. The molecule has 2 aliphatic rings. The summed E-state index contributed by atoms with van der Waals surface area (Å²) in [6.07, 6.45) is 3.53. The van der Waals surface area contributed by atoms with Crippen LogP contribution < -0.4 is 5.32 Å². The number of amides is 1. The molecular weight excluding hydrogens is 284 g/mol. The van der Waals surface area contributed by atoms with Crippen molar-refractivity contribution in [3.63, 3.8) is 0 Å². The standard InChI is InChI=1S/C16H24N2O2S/c1-12-2-3-14-13(10-12)11-15(21-14)16(19)17-4-5-18-6-8-20-9-7-18/h11-12H,2-10H2,1H3,(H,17,19). The lowest BCUT2D eigenvalue weighted by Gasteiger charge is -2.26. The summed E-state index contributed by atoms with van der Waals surface area (Å²) in [5, 5.41) is 3.06. The van der Waals surface area contributed by atoms with Crippen LogP contribution in [0.3, 0.4) is 0 Å². The minimum atomic E-state index is 0.0929. The third-order valence-electron chi connectivity index (χ3n) is 4.37. The van der Waals surface area contributed by atoms with Crippen LogP contribution in [0.15, 0.2) is 6.07 Å². The van der Waals surface area contributed by atoms with E-state index in [0.717, 1.165) is 63.0 Å². The van der Waals surface area contributed by atoms with Crippen molar-refractivity contribution < 1.29 is 9.53 Å². The Bertz CT molecular complexity index is 494. The number of carbonyl (C=O) groups is 1. The zero-order valence-corrected chi connectivity index (χ0v) is 13.5. The Morgan fingerprint density at radius 1 is 1.48 bits per heavy atom. The first kappa shape index (κ1) is 15.0. The van der Waals surface area contributed by atoms with E-state index in [9.17, 15) is 4.79 Å². The van der Waals surface area contributed by atoms with Crippen LogP contribution >= 0.6 is 11.3 Å². The number of rotatable bonds is 4. The predicted octanol–water partition coefficient (Wildman–Crippen LogP) is 1.93. The van der Waals surface area contributed by atoms with Crippen LogP contribution in [0.4, 0.5) is 0 Å². The molecule has 1 atom stereocenters. The number of thiophene rings is 1. The number of fused-ring (bicyclic) bond motifs is 1. The fraction of sp³-hybridized carbons (Fsp3) is 0.688. The van der Waals surface area contributed by atoms with Gasteiger partial charge in [-0.15, -0.1) is 11.3 Å². The van der Waals surface area contributed by atoms with Gasteiger partial charge in [0.2, 0.25) is 0 Å². The molecule has 0 bridgehead atoms. The van der Waals surface area contributed by atoms with Crippen molar-refractivity contribution >= 4 is 17.2 Å². The minimum absolute atomic E-state index is 0.0929. The fourth-order valence-corrected chi connectivity index (χ4v) is 4.18. The van der Waals surface area contributed by atoms with E-state index in [1.54, 1.807) is 11.3 Å². The minimum Gasteiger partial charge on any atom is -0.379 e. The third-order valence-corrected chi connectivity index (χ3v) is 5.61. The maximum atomic E-state index is 12.2. The molecule has 1 unspecified atom stereocenters. The van der Waals surface area contributed by atoms with Gasteiger partial charge in [0, 0.05) is 31.1 Å². The van der Waals surface area contributed by atoms with Crippen LogP contribution in [0, 0.1) is 5.92 Å². The lowest BCUT2D eigenvalue weighted by Crippen LogP contribution is -2.41. The van der Waals surface area contributed by atoms with Gasteiger partial charge in [-0.1, -0.05) is 6.92 Å². The van der Waals surface area contributed by atoms with Gasteiger partial charge in [0.25, 0.3) is 5.91 Å². The zero-order chi connectivity index (χ0) is 14.7. The molecule has 21 heavy (non-hydrogen) atoms. The van der Waals surface area contributed by atoms with Crippen LogP contribution in [0.1, 0.15) is 33.5 Å². The predicted molar refractivity (Wildman–Crippen MR) is 85.1 cm³/mol. The number of morpholine rings is 1. The van der Waals surface area contributed by atoms with Crippen molar-refractivity contribution in [2.45, 2.75) is 26.2 Å². The van der Waals surface area contributed by atoms with E-state index in [-0.39, 0.29) is 5.91 Å². The van der Waals surface area contributed by atoms with Gasteiger partial charge in [-0.05, 0) is 36.8 Å². The maximum absolute atomic E-state index is 12.2. The first-order valence-corrected chi connectivity index (χ1v) is 8.74. The molecule has 0 spiro atoms. The Morgan fingerprint density at radius 2 is 2.29 bits per heavy atom. The van der Waals surface area contributed by atoms with E-state index >= 15 is 0 Å². The number of aryl methyl sites for hydroxylation is 1. The summed E-state index contributed by atoms with van der Waals surface area (Å²) in [4.78, 5) is 16.9. The monoisotopic (exact) mass is 308 g/mol. The molecule has 1 amide bonds.